The van der Waals surface area contributed by atoms with Gasteiger partial charge in [-0.25, -0.2) is 17.9 Å². The molecule has 2 amide bonds. The van der Waals surface area contributed by atoms with E-state index in [4.69, 9.17) is 4.74 Å². The third kappa shape index (κ3) is 4.67. The van der Waals surface area contributed by atoms with E-state index < -0.39 is 21.3 Å². The second kappa shape index (κ2) is 9.43. The Morgan fingerprint density at radius 2 is 1.75 bits per heavy atom. The van der Waals surface area contributed by atoms with Crippen molar-refractivity contribution in [3.8, 4) is 0 Å². The number of sulfonamides is 1. The Balaban J connectivity index is 0.00000225. The molecule has 4 rings (SSSR count). The van der Waals surface area contributed by atoms with Crippen LogP contribution in [-0.4, -0.2) is 109 Å². The average molecular weight is 433 g/mol. The van der Waals surface area contributed by atoms with E-state index in [2.05, 4.69) is 16.1 Å². The topological polar surface area (TPSA) is 87.7 Å². The van der Waals surface area contributed by atoms with Gasteiger partial charge in [0.05, 0.1) is 6.61 Å². The third-order valence-corrected chi connectivity index (χ3v) is 7.57. The summed E-state index contributed by atoms with van der Waals surface area (Å²) in [6.45, 7) is 2.14. The quantitative estimate of drug-likeness (QED) is 0.657. The number of rotatable bonds is 6. The number of hydrogen-bond donors (Lipinski definition) is 2. The van der Waals surface area contributed by atoms with Crippen molar-refractivity contribution in [2.75, 3.05) is 38.7 Å². The first kappa shape index (κ1) is 22.7. The number of anilines is 1. The molecule has 1 fully saturated rings. The van der Waals surface area contributed by atoms with Crippen LogP contribution in [0.1, 0.15) is 35.1 Å². The molecule has 9 heteroatoms. The van der Waals surface area contributed by atoms with E-state index in [9.17, 15) is 13.2 Å². The molecule has 1 aromatic carbocycles. The molecule has 0 saturated carbocycles. The van der Waals surface area contributed by atoms with Crippen LogP contribution in [0.25, 0.3) is 0 Å². The predicted octanol–water partition coefficient (Wildman–Crippen LogP) is 1.07. The summed E-state index contributed by atoms with van der Waals surface area (Å²) in [7, 11) is -2.05. The zero-order chi connectivity index (χ0) is 19.0. The fraction of sp³-hybridized carbons (Fsp3) is 0.632. The Kier molecular flexibility index (Phi) is 7.63. The summed E-state index contributed by atoms with van der Waals surface area (Å²) in [5, 5.41) is 2.34. The van der Waals surface area contributed by atoms with Gasteiger partial charge in [-0.3, -0.25) is 4.90 Å². The van der Waals surface area contributed by atoms with Crippen molar-refractivity contribution in [1.29, 1.82) is 0 Å². The summed E-state index contributed by atoms with van der Waals surface area (Å²) in [6, 6.07) is 1.65. The Morgan fingerprint density at radius 1 is 1.14 bits per heavy atom. The fourth-order valence-electron chi connectivity index (χ4n) is 4.44. The molecule has 149 valence electrons. The first-order valence-corrected chi connectivity index (χ1v) is 11.2. The van der Waals surface area contributed by atoms with Crippen LogP contribution in [0.2, 0.25) is 0 Å². The number of hydrogen-bond acceptors (Lipinski definition) is 5. The summed E-state index contributed by atoms with van der Waals surface area (Å²) >= 11 is 0. The number of fused-ring (bicyclic) bond motifs is 2. The Bertz CT molecular complexity index is 821. The molecular formula is C19H27KN3O4S. The number of carbonyl (C=O) groups excluding carboxylic acids is 1. The third-order valence-electron chi connectivity index (χ3n) is 5.92. The SMILES string of the molecule is COCCN1CC(S(=O)(=O)NC(=O)Nc2c3c(cc4c2CCC4)CCC3)C1.[K]. The van der Waals surface area contributed by atoms with Crippen molar-refractivity contribution in [2.24, 2.45) is 0 Å². The monoisotopic (exact) mass is 432 g/mol. The zero-order valence-electron chi connectivity index (χ0n) is 16.7. The minimum absolute atomic E-state index is 0. The number of amides is 2. The second-order valence-electron chi connectivity index (χ2n) is 7.71. The number of nitrogens with one attached hydrogen (secondary N) is 2. The fourth-order valence-corrected chi connectivity index (χ4v) is 5.73. The first-order valence-electron chi connectivity index (χ1n) is 9.68. The maximum Gasteiger partial charge on any atom is 0.332 e. The van der Waals surface area contributed by atoms with Crippen LogP contribution in [0.4, 0.5) is 10.5 Å². The number of nitrogens with zero attached hydrogens (tertiary/aromatic N) is 1. The minimum Gasteiger partial charge on any atom is -0.383 e. The summed E-state index contributed by atoms with van der Waals surface area (Å²) < 4.78 is 32.2. The van der Waals surface area contributed by atoms with Crippen LogP contribution in [-0.2, 0) is 40.4 Å². The number of ether oxygens (including phenoxy) is 1. The number of likely N-dealkylation sites (tertiary alicyclic amines) is 1. The average Bonchev–Trinajstić information content (AvgIpc) is 3.21. The molecule has 0 bridgehead atoms. The Hall–Kier alpha value is -0.00364. The molecule has 0 spiro atoms. The Labute approximate surface area is 209 Å². The van der Waals surface area contributed by atoms with Gasteiger partial charge in [-0.05, 0) is 60.8 Å². The van der Waals surface area contributed by atoms with E-state index >= 15 is 0 Å². The van der Waals surface area contributed by atoms with Gasteiger partial charge in [0, 0.05) is 83.8 Å². The van der Waals surface area contributed by atoms with Crippen molar-refractivity contribution >= 4 is 73.1 Å². The van der Waals surface area contributed by atoms with Gasteiger partial charge in [-0.15, -0.1) is 0 Å². The van der Waals surface area contributed by atoms with Crippen LogP contribution < -0.4 is 10.0 Å². The maximum atomic E-state index is 12.5. The number of urea groups is 1. The zero-order valence-corrected chi connectivity index (χ0v) is 20.7. The molecule has 2 N–H and O–H groups in total. The molecule has 1 radical (unpaired) electrons. The molecule has 1 saturated heterocycles. The van der Waals surface area contributed by atoms with Gasteiger partial charge in [0.2, 0.25) is 10.0 Å². The van der Waals surface area contributed by atoms with Crippen LogP contribution in [0.3, 0.4) is 0 Å². The summed E-state index contributed by atoms with van der Waals surface area (Å²) in [5.41, 5.74) is 5.86. The molecule has 28 heavy (non-hydrogen) atoms. The minimum atomic E-state index is -3.67. The van der Waals surface area contributed by atoms with Crippen LogP contribution in [0.15, 0.2) is 6.07 Å². The van der Waals surface area contributed by atoms with Crippen molar-refractivity contribution in [1.82, 2.24) is 9.62 Å². The van der Waals surface area contributed by atoms with Crippen LogP contribution in [0.5, 0.6) is 0 Å². The van der Waals surface area contributed by atoms with E-state index in [1.165, 1.54) is 22.3 Å². The van der Waals surface area contributed by atoms with E-state index in [0.717, 1.165) is 44.2 Å². The van der Waals surface area contributed by atoms with Gasteiger partial charge in [0.1, 0.15) is 5.25 Å². The smallest absolute Gasteiger partial charge is 0.332 e. The summed E-state index contributed by atoms with van der Waals surface area (Å²) in [5.74, 6) is 0. The summed E-state index contributed by atoms with van der Waals surface area (Å²) in [6.07, 6.45) is 6.15. The van der Waals surface area contributed by atoms with E-state index in [1.807, 2.05) is 4.90 Å². The predicted molar refractivity (Wildman–Crippen MR) is 109 cm³/mol. The molecule has 1 heterocycles. The normalized spacial score (nSPS) is 18.8. The first-order chi connectivity index (χ1) is 13.0. The molecule has 1 aliphatic heterocycles. The second-order valence-corrected chi connectivity index (χ2v) is 9.67. The van der Waals surface area contributed by atoms with E-state index in [-0.39, 0.29) is 51.4 Å². The molecule has 1 aromatic rings. The molecule has 0 aromatic heterocycles. The molecule has 7 nitrogen and oxygen atoms in total. The Morgan fingerprint density at radius 3 is 2.32 bits per heavy atom. The van der Waals surface area contributed by atoms with Gasteiger partial charge in [0.15, 0.2) is 0 Å². The summed E-state index contributed by atoms with van der Waals surface area (Å²) in [4.78, 5) is 14.5. The van der Waals surface area contributed by atoms with Crippen molar-refractivity contribution in [3.05, 3.63) is 28.3 Å². The van der Waals surface area contributed by atoms with Crippen molar-refractivity contribution < 1.29 is 17.9 Å². The van der Waals surface area contributed by atoms with E-state index in [0.29, 0.717) is 26.2 Å². The van der Waals surface area contributed by atoms with Crippen LogP contribution in [0, 0.1) is 0 Å². The van der Waals surface area contributed by atoms with Gasteiger partial charge in [-0.2, -0.15) is 0 Å². The number of benzene rings is 1. The van der Waals surface area contributed by atoms with Gasteiger partial charge in [-0.1, -0.05) is 6.07 Å². The standard InChI is InChI=1S/C19H27N3O4S.K/c1-26-9-8-22-11-15(12-22)27(24,25)21-19(23)20-18-16-6-2-4-13(16)10-14-5-3-7-17(14)18;/h10,15H,2-9,11-12H2,1H3,(H2,20,21,23);. The van der Waals surface area contributed by atoms with E-state index in [1.54, 1.807) is 7.11 Å². The largest absolute Gasteiger partial charge is 0.383 e. The van der Waals surface area contributed by atoms with Gasteiger partial charge >= 0.3 is 6.03 Å². The maximum absolute atomic E-state index is 12.5. The molecule has 0 atom stereocenters. The van der Waals surface area contributed by atoms with Crippen molar-refractivity contribution in [2.45, 2.75) is 43.8 Å². The molecule has 3 aliphatic rings. The molecule has 2 aliphatic carbocycles. The number of methoxy groups -OCH3 is 1. The molecular weight excluding hydrogens is 405 g/mol. The van der Waals surface area contributed by atoms with Crippen LogP contribution >= 0.6 is 0 Å². The number of carbonyl (C=O) groups is 1. The van der Waals surface area contributed by atoms with Gasteiger partial charge in [0.25, 0.3) is 0 Å². The molecule has 0 unspecified atom stereocenters. The van der Waals surface area contributed by atoms with Crippen molar-refractivity contribution in [3.63, 3.8) is 0 Å². The van der Waals surface area contributed by atoms with Gasteiger partial charge < -0.3 is 10.1 Å². The number of aryl methyl sites for hydroxylation is 2.